The largest absolute Gasteiger partial charge is 0.396 e. The van der Waals surface area contributed by atoms with Gasteiger partial charge in [-0.15, -0.1) is 0 Å². The van der Waals surface area contributed by atoms with Gasteiger partial charge in [-0.25, -0.2) is 0 Å². The molecule has 6 nitrogen and oxygen atoms in total. The molecule has 1 unspecified atom stereocenters. The van der Waals surface area contributed by atoms with Gasteiger partial charge in [0, 0.05) is 6.61 Å². The maximum atomic E-state index is 8.67. The number of aliphatic hydroxyl groups excluding tert-OH is 1. The van der Waals surface area contributed by atoms with Gasteiger partial charge >= 0.3 is 0 Å². The predicted molar refractivity (Wildman–Crippen MR) is 50.3 cm³/mol. The topological polar surface area (TPSA) is 88.4 Å². The summed E-state index contributed by atoms with van der Waals surface area (Å²) in [4.78, 5) is 6.05. The van der Waals surface area contributed by atoms with E-state index < -0.39 is 0 Å². The van der Waals surface area contributed by atoms with Crippen LogP contribution in [0, 0.1) is 0 Å². The summed E-state index contributed by atoms with van der Waals surface area (Å²) < 4.78 is 4.96. The molecule has 6 heteroatoms. The maximum Gasteiger partial charge on any atom is 0.243 e. The van der Waals surface area contributed by atoms with Crippen LogP contribution in [0.5, 0.6) is 0 Å². The average Bonchev–Trinajstić information content (AvgIpc) is 2.52. The summed E-state index contributed by atoms with van der Waals surface area (Å²) in [5.41, 5.74) is 5.68. The molecule has 1 rings (SSSR count). The lowest BCUT2D eigenvalue weighted by atomic mass is 10.2. The van der Waals surface area contributed by atoms with Gasteiger partial charge in [-0.05, 0) is 20.5 Å². The number of aliphatic hydroxyl groups is 1. The Hall–Kier alpha value is -0.980. The summed E-state index contributed by atoms with van der Waals surface area (Å²) in [5.74, 6) is 0.995. The van der Waals surface area contributed by atoms with Gasteiger partial charge in [0.1, 0.15) is 0 Å². The van der Waals surface area contributed by atoms with Crippen molar-refractivity contribution >= 4 is 0 Å². The molecule has 0 aliphatic carbocycles. The highest BCUT2D eigenvalue weighted by molar-refractivity contribution is 4.91. The molecule has 3 N–H and O–H groups in total. The summed E-state index contributed by atoms with van der Waals surface area (Å²) in [6.07, 6.45) is 0.434. The first kappa shape index (κ1) is 11.1. The standard InChI is InChI=1S/C8H16N4O2/c1-12(2)5-7-10-8(14-11-7)6(9)3-4-13/h6,13H,3-5,9H2,1-2H3. The zero-order valence-electron chi connectivity index (χ0n) is 8.47. The van der Waals surface area contributed by atoms with Crippen LogP contribution in [0.15, 0.2) is 4.52 Å². The minimum Gasteiger partial charge on any atom is -0.396 e. The van der Waals surface area contributed by atoms with Crippen LogP contribution >= 0.6 is 0 Å². The van der Waals surface area contributed by atoms with E-state index in [2.05, 4.69) is 10.1 Å². The molecule has 0 aliphatic rings. The zero-order chi connectivity index (χ0) is 10.6. The van der Waals surface area contributed by atoms with E-state index in [1.54, 1.807) is 0 Å². The molecule has 80 valence electrons. The van der Waals surface area contributed by atoms with Gasteiger partial charge < -0.3 is 20.3 Å². The van der Waals surface area contributed by atoms with Crippen LogP contribution in [0.3, 0.4) is 0 Å². The molecule has 1 aromatic heterocycles. The Morgan fingerprint density at radius 3 is 2.86 bits per heavy atom. The van der Waals surface area contributed by atoms with Gasteiger partial charge in [-0.3, -0.25) is 0 Å². The Morgan fingerprint density at radius 2 is 2.29 bits per heavy atom. The summed E-state index contributed by atoms with van der Waals surface area (Å²) >= 11 is 0. The van der Waals surface area contributed by atoms with Gasteiger partial charge in [0.25, 0.3) is 0 Å². The van der Waals surface area contributed by atoms with Gasteiger partial charge in [-0.2, -0.15) is 4.98 Å². The quantitative estimate of drug-likeness (QED) is 0.667. The van der Waals surface area contributed by atoms with Crippen molar-refractivity contribution in [1.29, 1.82) is 0 Å². The minimum atomic E-state index is -0.372. The third-order valence-corrected chi connectivity index (χ3v) is 1.70. The summed E-state index contributed by atoms with van der Waals surface area (Å²) in [5, 5.41) is 12.4. The molecule has 0 amide bonds. The number of nitrogens with two attached hydrogens (primary N) is 1. The first-order valence-electron chi connectivity index (χ1n) is 4.47. The van der Waals surface area contributed by atoms with Gasteiger partial charge in [0.05, 0.1) is 12.6 Å². The van der Waals surface area contributed by atoms with Gasteiger partial charge in [0.15, 0.2) is 5.82 Å². The zero-order valence-corrected chi connectivity index (χ0v) is 8.47. The van der Waals surface area contributed by atoms with Crippen LogP contribution in [0.25, 0.3) is 0 Å². The molecule has 0 fully saturated rings. The van der Waals surface area contributed by atoms with Crippen LogP contribution in [0.4, 0.5) is 0 Å². The molecule has 0 aromatic carbocycles. The maximum absolute atomic E-state index is 8.67. The lowest BCUT2D eigenvalue weighted by Crippen LogP contribution is -2.14. The Bertz CT molecular complexity index is 274. The highest BCUT2D eigenvalue weighted by Crippen LogP contribution is 2.11. The van der Waals surface area contributed by atoms with Crippen molar-refractivity contribution in [2.75, 3.05) is 20.7 Å². The van der Waals surface area contributed by atoms with E-state index in [0.29, 0.717) is 24.7 Å². The first-order chi connectivity index (χ1) is 6.63. The SMILES string of the molecule is CN(C)Cc1noc(C(N)CCO)n1. The Morgan fingerprint density at radius 1 is 1.57 bits per heavy atom. The number of aromatic nitrogens is 2. The van der Waals surface area contributed by atoms with E-state index in [1.807, 2.05) is 19.0 Å². The fraction of sp³-hybridized carbons (Fsp3) is 0.750. The van der Waals surface area contributed by atoms with Crippen molar-refractivity contribution in [3.05, 3.63) is 11.7 Å². The molecule has 0 spiro atoms. The molecule has 0 radical (unpaired) electrons. The molecule has 1 aromatic rings. The summed E-state index contributed by atoms with van der Waals surface area (Å²) in [6, 6.07) is -0.372. The summed E-state index contributed by atoms with van der Waals surface area (Å²) in [7, 11) is 3.84. The van der Waals surface area contributed by atoms with Gasteiger partial charge in [0.2, 0.25) is 5.89 Å². The lowest BCUT2D eigenvalue weighted by molar-refractivity contribution is 0.258. The van der Waals surface area contributed by atoms with Crippen LogP contribution in [0.1, 0.15) is 24.2 Å². The molecule has 1 atom stereocenters. The average molecular weight is 200 g/mol. The lowest BCUT2D eigenvalue weighted by Gasteiger charge is -2.04. The van der Waals surface area contributed by atoms with E-state index in [0.717, 1.165) is 0 Å². The minimum absolute atomic E-state index is 0.0204. The molecule has 0 saturated carbocycles. The molecule has 0 bridgehead atoms. The van der Waals surface area contributed by atoms with Crippen LogP contribution < -0.4 is 5.73 Å². The van der Waals surface area contributed by atoms with Crippen molar-refractivity contribution in [2.45, 2.75) is 19.0 Å². The van der Waals surface area contributed by atoms with E-state index >= 15 is 0 Å². The molecule has 1 heterocycles. The fourth-order valence-electron chi connectivity index (χ4n) is 1.03. The fourth-order valence-corrected chi connectivity index (χ4v) is 1.03. The highest BCUT2D eigenvalue weighted by atomic mass is 16.5. The number of hydrogen-bond donors (Lipinski definition) is 2. The van der Waals surface area contributed by atoms with Crippen molar-refractivity contribution in [3.63, 3.8) is 0 Å². The van der Waals surface area contributed by atoms with Crippen molar-refractivity contribution < 1.29 is 9.63 Å². The van der Waals surface area contributed by atoms with E-state index in [4.69, 9.17) is 15.4 Å². The molecular weight excluding hydrogens is 184 g/mol. The van der Waals surface area contributed by atoms with Crippen LogP contribution in [-0.2, 0) is 6.54 Å². The Balaban J connectivity index is 2.58. The number of hydrogen-bond acceptors (Lipinski definition) is 6. The van der Waals surface area contributed by atoms with Crippen LogP contribution in [-0.4, -0.2) is 40.8 Å². The first-order valence-corrected chi connectivity index (χ1v) is 4.47. The smallest absolute Gasteiger partial charge is 0.243 e. The molecule has 14 heavy (non-hydrogen) atoms. The van der Waals surface area contributed by atoms with Crippen LogP contribution in [0.2, 0.25) is 0 Å². The van der Waals surface area contributed by atoms with E-state index in [-0.39, 0.29) is 12.6 Å². The second-order valence-corrected chi connectivity index (χ2v) is 3.41. The van der Waals surface area contributed by atoms with E-state index in [1.165, 1.54) is 0 Å². The normalized spacial score (nSPS) is 13.5. The van der Waals surface area contributed by atoms with Crippen molar-refractivity contribution in [2.24, 2.45) is 5.73 Å². The Labute approximate surface area is 82.7 Å². The molecule has 0 aliphatic heterocycles. The van der Waals surface area contributed by atoms with E-state index in [9.17, 15) is 0 Å². The molecule has 0 saturated heterocycles. The van der Waals surface area contributed by atoms with Gasteiger partial charge in [-0.1, -0.05) is 5.16 Å². The predicted octanol–water partition coefficient (Wildman–Crippen LogP) is -0.487. The summed E-state index contributed by atoms with van der Waals surface area (Å²) in [6.45, 7) is 0.641. The number of nitrogens with zero attached hydrogens (tertiary/aromatic N) is 3. The number of rotatable bonds is 5. The Kier molecular flexibility index (Phi) is 3.99. The monoisotopic (exact) mass is 200 g/mol. The molecular formula is C8H16N4O2. The van der Waals surface area contributed by atoms with Crippen molar-refractivity contribution in [1.82, 2.24) is 15.0 Å². The second kappa shape index (κ2) is 5.04. The third kappa shape index (κ3) is 3.06. The second-order valence-electron chi connectivity index (χ2n) is 3.41. The van der Waals surface area contributed by atoms with Crippen molar-refractivity contribution in [3.8, 4) is 0 Å². The highest BCUT2D eigenvalue weighted by Gasteiger charge is 2.14. The third-order valence-electron chi connectivity index (χ3n) is 1.70.